The van der Waals surface area contributed by atoms with Crippen molar-refractivity contribution >= 4 is 60.6 Å². The summed E-state index contributed by atoms with van der Waals surface area (Å²) in [5, 5.41) is 14.1. The van der Waals surface area contributed by atoms with Crippen LogP contribution in [0.15, 0.2) is 46.0 Å². The number of carbonyl (C=O) groups is 1. The number of hydrazone groups is 1. The van der Waals surface area contributed by atoms with Crippen LogP contribution in [0.3, 0.4) is 0 Å². The van der Waals surface area contributed by atoms with Crippen LogP contribution in [0, 0.1) is 19.3 Å². The molecule has 4 rings (SSSR count). The van der Waals surface area contributed by atoms with E-state index in [1.54, 1.807) is 12.1 Å². The molecule has 2 aliphatic heterocycles. The molecule has 1 amide bonds. The molecule has 8 nitrogen and oxygen atoms in total. The molecule has 154 valence electrons. The molecule has 0 spiro atoms. The normalized spacial score (nSPS) is 18.0. The zero-order valence-electron chi connectivity index (χ0n) is 16.2. The lowest BCUT2D eigenvalue weighted by atomic mass is 10.1. The van der Waals surface area contributed by atoms with Gasteiger partial charge in [-0.25, -0.2) is 8.42 Å². The molecule has 0 saturated carbocycles. The highest BCUT2D eigenvalue weighted by atomic mass is 35.5. The first-order chi connectivity index (χ1) is 14.1. The monoisotopic (exact) mass is 461 g/mol. The molecule has 3 heterocycles. The number of aromatic nitrogens is 1. The maximum absolute atomic E-state index is 12.6. The van der Waals surface area contributed by atoms with Crippen molar-refractivity contribution in [3.8, 4) is 5.69 Å². The van der Waals surface area contributed by atoms with Crippen LogP contribution in [0.4, 0.5) is 0 Å². The predicted molar refractivity (Wildman–Crippen MR) is 120 cm³/mol. The van der Waals surface area contributed by atoms with Crippen molar-refractivity contribution in [2.45, 2.75) is 13.8 Å². The maximum atomic E-state index is 12.6. The topological polar surface area (TPSA) is 108 Å². The van der Waals surface area contributed by atoms with Gasteiger partial charge in [0.2, 0.25) is 19.4 Å². The Kier molecular flexibility index (Phi) is 4.95. The third-order valence-corrected chi connectivity index (χ3v) is 7.40. The molecule has 1 aromatic carbocycles. The first-order valence-electron chi connectivity index (χ1n) is 8.71. The van der Waals surface area contributed by atoms with Gasteiger partial charge < -0.3 is 4.57 Å². The Morgan fingerprint density at radius 2 is 1.97 bits per heavy atom. The molecule has 2 aliphatic rings. The highest BCUT2D eigenvalue weighted by molar-refractivity contribution is 8.42. The van der Waals surface area contributed by atoms with Crippen LogP contribution in [-0.4, -0.2) is 45.5 Å². The quantitative estimate of drug-likeness (QED) is 0.690. The Balaban J connectivity index is 1.76. The molecule has 2 aromatic rings. The van der Waals surface area contributed by atoms with Gasteiger partial charge in [0.05, 0.1) is 5.57 Å². The van der Waals surface area contributed by atoms with Gasteiger partial charge in [0.25, 0.3) is 5.91 Å². The summed E-state index contributed by atoms with van der Waals surface area (Å²) in [6.07, 6.45) is 2.59. The van der Waals surface area contributed by atoms with E-state index in [2.05, 4.69) is 10.1 Å². The van der Waals surface area contributed by atoms with Crippen molar-refractivity contribution in [2.75, 3.05) is 6.26 Å². The number of fused-ring (bicyclic) bond motifs is 1. The molecule has 0 aliphatic carbocycles. The van der Waals surface area contributed by atoms with Crippen molar-refractivity contribution in [1.29, 1.82) is 5.41 Å². The summed E-state index contributed by atoms with van der Waals surface area (Å²) in [5.74, 6) is -0.833. The van der Waals surface area contributed by atoms with Gasteiger partial charge in [-0.3, -0.25) is 10.2 Å². The summed E-state index contributed by atoms with van der Waals surface area (Å²) >= 11 is 6.88. The smallest absolute Gasteiger partial charge is 0.283 e. The SMILES string of the molecule is Cc1cc(/C=C2/C(=N)N3N=C(S(C)(=O)=O)SC3=NC2=O)c(C)n1-c1cccc(Cl)c1. The molecule has 0 fully saturated rings. The van der Waals surface area contributed by atoms with Gasteiger partial charge in [-0.15, -0.1) is 5.10 Å². The van der Waals surface area contributed by atoms with E-state index in [1.807, 2.05) is 42.7 Å². The Bertz CT molecular complexity index is 1320. The van der Waals surface area contributed by atoms with E-state index in [0.717, 1.165) is 45.7 Å². The second kappa shape index (κ2) is 7.22. The van der Waals surface area contributed by atoms with Crippen LogP contribution >= 0.6 is 23.4 Å². The van der Waals surface area contributed by atoms with E-state index in [9.17, 15) is 13.2 Å². The first-order valence-corrected chi connectivity index (χ1v) is 11.8. The number of aliphatic imine (C=N–C) groups is 1. The number of amidine groups is 2. The number of thioether (sulfide) groups is 1. The first kappa shape index (κ1) is 20.6. The van der Waals surface area contributed by atoms with E-state index in [0.29, 0.717) is 5.02 Å². The number of aryl methyl sites for hydroxylation is 1. The average Bonchev–Trinajstić information content (AvgIpc) is 3.20. The molecule has 30 heavy (non-hydrogen) atoms. The van der Waals surface area contributed by atoms with Crippen LogP contribution in [0.25, 0.3) is 11.8 Å². The summed E-state index contributed by atoms with van der Waals surface area (Å²) in [6, 6.07) is 9.31. The molecule has 0 saturated heterocycles. The number of hydrogen-bond acceptors (Lipinski definition) is 6. The van der Waals surface area contributed by atoms with Crippen molar-refractivity contribution in [1.82, 2.24) is 9.58 Å². The van der Waals surface area contributed by atoms with Gasteiger partial charge in [-0.2, -0.15) is 10.0 Å². The van der Waals surface area contributed by atoms with Gasteiger partial charge in [0.1, 0.15) is 0 Å². The summed E-state index contributed by atoms with van der Waals surface area (Å²) in [5.41, 5.74) is 3.43. The lowest BCUT2D eigenvalue weighted by Gasteiger charge is -2.20. The van der Waals surface area contributed by atoms with Gasteiger partial charge in [-0.1, -0.05) is 17.7 Å². The molecular formula is C19H16ClN5O3S2. The highest BCUT2D eigenvalue weighted by Crippen LogP contribution is 2.31. The minimum atomic E-state index is -3.57. The number of halogens is 1. The molecule has 0 atom stereocenters. The number of sulfone groups is 1. The molecule has 11 heteroatoms. The second-order valence-electron chi connectivity index (χ2n) is 6.80. The lowest BCUT2D eigenvalue weighted by Crippen LogP contribution is -2.35. The van der Waals surface area contributed by atoms with Gasteiger partial charge in [0.15, 0.2) is 5.84 Å². The van der Waals surface area contributed by atoms with E-state index in [4.69, 9.17) is 17.0 Å². The van der Waals surface area contributed by atoms with Crippen molar-refractivity contribution in [3.63, 3.8) is 0 Å². The number of rotatable bonds is 2. The number of nitrogens with one attached hydrogen (secondary N) is 1. The Hall–Kier alpha value is -2.69. The van der Waals surface area contributed by atoms with E-state index in [-0.39, 0.29) is 21.0 Å². The van der Waals surface area contributed by atoms with Crippen LogP contribution in [0.5, 0.6) is 0 Å². The van der Waals surface area contributed by atoms with Crippen LogP contribution < -0.4 is 0 Å². The second-order valence-corrected chi connectivity index (χ2v) is 10.4. The predicted octanol–water partition coefficient (Wildman–Crippen LogP) is 3.37. The van der Waals surface area contributed by atoms with E-state index >= 15 is 0 Å². The minimum absolute atomic E-state index is 0.0317. The maximum Gasteiger partial charge on any atom is 0.283 e. The largest absolute Gasteiger partial charge is 0.318 e. The van der Waals surface area contributed by atoms with Gasteiger partial charge in [-0.05, 0) is 61.5 Å². The molecule has 1 aromatic heterocycles. The van der Waals surface area contributed by atoms with E-state index in [1.165, 1.54) is 0 Å². The van der Waals surface area contributed by atoms with Gasteiger partial charge in [0, 0.05) is 28.4 Å². The van der Waals surface area contributed by atoms with Crippen LogP contribution in [0.1, 0.15) is 17.0 Å². The minimum Gasteiger partial charge on any atom is -0.318 e. The zero-order valence-corrected chi connectivity index (χ0v) is 18.6. The van der Waals surface area contributed by atoms with Crippen LogP contribution in [0.2, 0.25) is 5.02 Å². The van der Waals surface area contributed by atoms with Gasteiger partial charge >= 0.3 is 0 Å². The number of amides is 1. The standard InChI is InChI=1S/C19H16ClN5O3S2/c1-10-7-12(11(2)24(10)14-6-4-5-13(20)9-14)8-15-16(21)25-18(22-17(15)26)29-19(23-25)30(3,27)28/h4-9,21H,1-3H3/b15-8-,21-16?. The summed E-state index contributed by atoms with van der Waals surface area (Å²) in [4.78, 5) is 16.5. The Morgan fingerprint density at radius 1 is 1.23 bits per heavy atom. The summed E-state index contributed by atoms with van der Waals surface area (Å²) in [6.45, 7) is 3.83. The molecule has 0 bridgehead atoms. The van der Waals surface area contributed by atoms with Crippen LogP contribution in [-0.2, 0) is 14.6 Å². The highest BCUT2D eigenvalue weighted by Gasteiger charge is 2.38. The third kappa shape index (κ3) is 3.51. The fourth-order valence-electron chi connectivity index (χ4n) is 3.23. The van der Waals surface area contributed by atoms with Crippen molar-refractivity contribution < 1.29 is 13.2 Å². The van der Waals surface area contributed by atoms with Crippen molar-refractivity contribution in [2.24, 2.45) is 10.1 Å². The van der Waals surface area contributed by atoms with Crippen molar-refractivity contribution in [3.05, 3.63) is 57.9 Å². The Morgan fingerprint density at radius 3 is 2.63 bits per heavy atom. The zero-order chi connectivity index (χ0) is 21.8. The number of nitrogens with zero attached hydrogens (tertiary/aromatic N) is 4. The third-order valence-electron chi connectivity index (χ3n) is 4.59. The molecular weight excluding hydrogens is 446 g/mol. The Labute approximate surface area is 182 Å². The molecule has 0 unspecified atom stereocenters. The number of carbonyl (C=O) groups excluding carboxylic acids is 1. The summed E-state index contributed by atoms with van der Waals surface area (Å²) < 4.78 is 25.3. The lowest BCUT2D eigenvalue weighted by molar-refractivity contribution is -0.114. The number of hydrogen-bond donors (Lipinski definition) is 1. The van der Waals surface area contributed by atoms with E-state index < -0.39 is 15.7 Å². The average molecular weight is 462 g/mol. The fraction of sp³-hybridized carbons (Fsp3) is 0.158. The molecule has 1 N–H and O–H groups in total. The summed E-state index contributed by atoms with van der Waals surface area (Å²) in [7, 11) is -3.57. The molecule has 0 radical (unpaired) electrons. The fourth-order valence-corrected chi connectivity index (χ4v) is 5.10. The number of benzene rings is 1.